The van der Waals surface area contributed by atoms with E-state index in [-0.39, 0.29) is 0 Å². The zero-order chi connectivity index (χ0) is 13.2. The molecule has 0 spiro atoms. The van der Waals surface area contributed by atoms with Crippen LogP contribution in [0.25, 0.3) is 0 Å². The molecule has 4 nitrogen and oxygen atoms in total. The van der Waals surface area contributed by atoms with Crippen LogP contribution in [-0.4, -0.2) is 16.2 Å². The van der Waals surface area contributed by atoms with Crippen molar-refractivity contribution < 1.29 is 4.42 Å². The van der Waals surface area contributed by atoms with Gasteiger partial charge in [-0.15, -0.1) is 10.2 Å². The van der Waals surface area contributed by atoms with E-state index in [1.54, 1.807) is 6.92 Å². The van der Waals surface area contributed by atoms with E-state index in [1.165, 1.54) is 30.2 Å². The number of benzene rings is 1. The first kappa shape index (κ1) is 13.0. The quantitative estimate of drug-likeness (QED) is 0.916. The summed E-state index contributed by atoms with van der Waals surface area (Å²) in [5.74, 6) is 0.562. The molecule has 3 rings (SSSR count). The standard InChI is InChI=1S/C13H14ClN3OS/c1-8-16-17-13(18-8)19-12-9(3-2-4-11(12)14)7-15-10-5-6-10/h2-4,10,15H,5-7H2,1H3. The lowest BCUT2D eigenvalue weighted by Gasteiger charge is -2.09. The molecular weight excluding hydrogens is 282 g/mol. The van der Waals surface area contributed by atoms with Gasteiger partial charge in [-0.1, -0.05) is 23.7 Å². The number of hydrogen-bond donors (Lipinski definition) is 1. The Morgan fingerprint density at radius 2 is 2.26 bits per heavy atom. The van der Waals surface area contributed by atoms with Crippen LogP contribution in [0.15, 0.2) is 32.7 Å². The van der Waals surface area contributed by atoms with Gasteiger partial charge in [-0.3, -0.25) is 0 Å². The summed E-state index contributed by atoms with van der Waals surface area (Å²) in [6, 6.07) is 6.60. The maximum absolute atomic E-state index is 6.28. The van der Waals surface area contributed by atoms with Gasteiger partial charge in [0.05, 0.1) is 5.02 Å². The second kappa shape index (κ2) is 5.53. The number of rotatable bonds is 5. The molecule has 0 aliphatic heterocycles. The SMILES string of the molecule is Cc1nnc(Sc2c(Cl)cccc2CNC2CC2)o1. The Morgan fingerprint density at radius 3 is 2.95 bits per heavy atom. The normalized spacial score (nSPS) is 14.8. The molecule has 6 heteroatoms. The molecule has 1 aliphatic carbocycles. The van der Waals surface area contributed by atoms with E-state index in [2.05, 4.69) is 21.6 Å². The second-order valence-corrected chi connectivity index (χ2v) is 5.94. The molecule has 0 saturated heterocycles. The molecule has 1 aliphatic rings. The molecule has 0 unspecified atom stereocenters. The summed E-state index contributed by atoms with van der Waals surface area (Å²) in [6.07, 6.45) is 2.54. The molecule has 1 aromatic heterocycles. The summed E-state index contributed by atoms with van der Waals surface area (Å²) in [7, 11) is 0. The molecule has 0 atom stereocenters. The van der Waals surface area contributed by atoms with Crippen molar-refractivity contribution in [2.24, 2.45) is 0 Å². The van der Waals surface area contributed by atoms with Crippen LogP contribution >= 0.6 is 23.4 Å². The maximum atomic E-state index is 6.28. The Kier molecular flexibility index (Phi) is 3.77. The van der Waals surface area contributed by atoms with E-state index in [4.69, 9.17) is 16.0 Å². The van der Waals surface area contributed by atoms with Gasteiger partial charge < -0.3 is 9.73 Å². The molecule has 1 saturated carbocycles. The lowest BCUT2D eigenvalue weighted by molar-refractivity contribution is 0.429. The Hall–Kier alpha value is -1.04. The number of nitrogens with one attached hydrogen (secondary N) is 1. The fourth-order valence-corrected chi connectivity index (χ4v) is 2.92. The highest BCUT2D eigenvalue weighted by Gasteiger charge is 2.21. The number of aryl methyl sites for hydroxylation is 1. The van der Waals surface area contributed by atoms with E-state index in [1.807, 2.05) is 12.1 Å². The highest BCUT2D eigenvalue weighted by molar-refractivity contribution is 7.99. The molecule has 0 amide bonds. The van der Waals surface area contributed by atoms with Gasteiger partial charge in [-0.05, 0) is 36.2 Å². The molecule has 1 aromatic carbocycles. The van der Waals surface area contributed by atoms with Crippen molar-refractivity contribution >= 4 is 23.4 Å². The molecule has 19 heavy (non-hydrogen) atoms. The smallest absolute Gasteiger partial charge is 0.281 e. The summed E-state index contributed by atoms with van der Waals surface area (Å²) < 4.78 is 5.40. The van der Waals surface area contributed by atoms with Crippen molar-refractivity contribution in [2.45, 2.75) is 42.5 Å². The van der Waals surface area contributed by atoms with E-state index in [0.29, 0.717) is 17.2 Å². The van der Waals surface area contributed by atoms with Gasteiger partial charge in [0.2, 0.25) is 5.89 Å². The third-order valence-electron chi connectivity index (χ3n) is 2.90. The van der Waals surface area contributed by atoms with Crippen molar-refractivity contribution in [3.05, 3.63) is 34.7 Å². The summed E-state index contributed by atoms with van der Waals surface area (Å²) in [6.45, 7) is 2.60. The van der Waals surface area contributed by atoms with E-state index >= 15 is 0 Å². The van der Waals surface area contributed by atoms with Crippen molar-refractivity contribution in [1.29, 1.82) is 0 Å². The summed E-state index contributed by atoms with van der Waals surface area (Å²) in [5, 5.41) is 12.6. The van der Waals surface area contributed by atoms with Gasteiger partial charge in [0.1, 0.15) is 0 Å². The van der Waals surface area contributed by atoms with E-state index < -0.39 is 0 Å². The number of aromatic nitrogens is 2. The molecule has 1 N–H and O–H groups in total. The Labute approximate surface area is 120 Å². The van der Waals surface area contributed by atoms with Crippen LogP contribution < -0.4 is 5.32 Å². The average molecular weight is 296 g/mol. The van der Waals surface area contributed by atoms with Gasteiger partial charge in [0, 0.05) is 24.4 Å². The van der Waals surface area contributed by atoms with Gasteiger partial charge in [-0.25, -0.2) is 0 Å². The molecule has 0 bridgehead atoms. The first-order valence-corrected chi connectivity index (χ1v) is 7.40. The topological polar surface area (TPSA) is 51.0 Å². The second-order valence-electron chi connectivity index (χ2n) is 4.57. The Balaban J connectivity index is 1.80. The Morgan fingerprint density at radius 1 is 1.42 bits per heavy atom. The number of nitrogens with zero attached hydrogens (tertiary/aromatic N) is 2. The fourth-order valence-electron chi connectivity index (χ4n) is 1.76. The molecular formula is C13H14ClN3OS. The third-order valence-corrected chi connectivity index (χ3v) is 4.36. The van der Waals surface area contributed by atoms with Crippen molar-refractivity contribution in [2.75, 3.05) is 0 Å². The number of hydrogen-bond acceptors (Lipinski definition) is 5. The molecule has 0 radical (unpaired) electrons. The van der Waals surface area contributed by atoms with E-state index in [9.17, 15) is 0 Å². The van der Waals surface area contributed by atoms with Crippen LogP contribution in [-0.2, 0) is 6.54 Å². The minimum atomic E-state index is 0.526. The van der Waals surface area contributed by atoms with E-state index in [0.717, 1.165) is 16.5 Å². The maximum Gasteiger partial charge on any atom is 0.281 e. The molecule has 2 aromatic rings. The van der Waals surface area contributed by atoms with Gasteiger partial charge in [-0.2, -0.15) is 0 Å². The Bertz CT molecular complexity index is 583. The lowest BCUT2D eigenvalue weighted by Crippen LogP contribution is -2.15. The third kappa shape index (κ3) is 3.29. The van der Waals surface area contributed by atoms with Gasteiger partial charge in [0.25, 0.3) is 5.22 Å². The zero-order valence-electron chi connectivity index (χ0n) is 10.5. The summed E-state index contributed by atoms with van der Waals surface area (Å²) in [4.78, 5) is 0.987. The van der Waals surface area contributed by atoms with Crippen LogP contribution in [0, 0.1) is 6.92 Å². The lowest BCUT2D eigenvalue weighted by atomic mass is 10.2. The van der Waals surface area contributed by atoms with Crippen LogP contribution in [0.2, 0.25) is 5.02 Å². The van der Waals surface area contributed by atoms with Crippen molar-refractivity contribution in [1.82, 2.24) is 15.5 Å². The highest BCUT2D eigenvalue weighted by Crippen LogP contribution is 2.35. The molecule has 1 fully saturated rings. The van der Waals surface area contributed by atoms with Gasteiger partial charge in [0.15, 0.2) is 0 Å². The minimum absolute atomic E-state index is 0.526. The first-order chi connectivity index (χ1) is 9.22. The predicted molar refractivity (Wildman–Crippen MR) is 74.5 cm³/mol. The van der Waals surface area contributed by atoms with Crippen molar-refractivity contribution in [3.63, 3.8) is 0 Å². The average Bonchev–Trinajstić information content (AvgIpc) is 3.13. The van der Waals surface area contributed by atoms with Gasteiger partial charge >= 0.3 is 0 Å². The first-order valence-electron chi connectivity index (χ1n) is 6.21. The summed E-state index contributed by atoms with van der Waals surface area (Å²) in [5.41, 5.74) is 1.17. The zero-order valence-corrected chi connectivity index (χ0v) is 12.1. The summed E-state index contributed by atoms with van der Waals surface area (Å²) >= 11 is 7.70. The minimum Gasteiger partial charge on any atom is -0.416 e. The van der Waals surface area contributed by atoms with Crippen molar-refractivity contribution in [3.8, 4) is 0 Å². The predicted octanol–water partition coefficient (Wildman–Crippen LogP) is 3.43. The highest BCUT2D eigenvalue weighted by atomic mass is 35.5. The molecule has 100 valence electrons. The largest absolute Gasteiger partial charge is 0.416 e. The van der Waals surface area contributed by atoms with Crippen LogP contribution in [0.5, 0.6) is 0 Å². The van der Waals surface area contributed by atoms with Crippen LogP contribution in [0.1, 0.15) is 24.3 Å². The van der Waals surface area contributed by atoms with Crippen LogP contribution in [0.3, 0.4) is 0 Å². The van der Waals surface area contributed by atoms with Crippen LogP contribution in [0.4, 0.5) is 0 Å². The molecule has 1 heterocycles. The fraction of sp³-hybridized carbons (Fsp3) is 0.385. The number of halogens is 1. The monoisotopic (exact) mass is 295 g/mol.